The van der Waals surface area contributed by atoms with E-state index < -0.39 is 0 Å². The van der Waals surface area contributed by atoms with Crippen LogP contribution in [0.1, 0.15) is 5.56 Å². The van der Waals surface area contributed by atoms with Crippen molar-refractivity contribution in [1.29, 1.82) is 0 Å². The van der Waals surface area contributed by atoms with E-state index in [1.54, 1.807) is 6.07 Å². The van der Waals surface area contributed by atoms with Gasteiger partial charge in [0, 0.05) is 10.0 Å². The van der Waals surface area contributed by atoms with E-state index in [0.717, 1.165) is 0 Å². The van der Waals surface area contributed by atoms with Crippen LogP contribution < -0.4 is 5.32 Å². The molecule has 0 spiro atoms. The van der Waals surface area contributed by atoms with Crippen molar-refractivity contribution >= 4 is 27.7 Å². The number of benzene rings is 1. The van der Waals surface area contributed by atoms with Crippen LogP contribution in [0.2, 0.25) is 0 Å². The fraction of sp³-hybridized carbons (Fsp3) is 0.111. The van der Waals surface area contributed by atoms with Crippen LogP contribution in [0.4, 0.5) is 4.39 Å². The fourth-order valence-corrected chi connectivity index (χ4v) is 1.68. The van der Waals surface area contributed by atoms with Crippen molar-refractivity contribution in [1.82, 2.24) is 5.32 Å². The van der Waals surface area contributed by atoms with Crippen molar-refractivity contribution in [2.24, 2.45) is 4.99 Å². The van der Waals surface area contributed by atoms with Gasteiger partial charge in [-0.15, -0.1) is 0 Å². The van der Waals surface area contributed by atoms with E-state index in [4.69, 9.17) is 0 Å². The molecule has 5 heteroatoms. The summed E-state index contributed by atoms with van der Waals surface area (Å²) in [4.78, 5) is 14.8. The zero-order chi connectivity index (χ0) is 10.1. The van der Waals surface area contributed by atoms with Crippen LogP contribution in [0.5, 0.6) is 0 Å². The van der Waals surface area contributed by atoms with Crippen LogP contribution in [0.15, 0.2) is 27.7 Å². The van der Waals surface area contributed by atoms with Crippen LogP contribution in [0.25, 0.3) is 0 Å². The zero-order valence-electron chi connectivity index (χ0n) is 7.05. The smallest absolute Gasteiger partial charge is 0.247 e. The fourth-order valence-electron chi connectivity index (χ4n) is 1.22. The summed E-state index contributed by atoms with van der Waals surface area (Å²) in [5.74, 6) is -0.103. The summed E-state index contributed by atoms with van der Waals surface area (Å²) in [7, 11) is 0. The van der Waals surface area contributed by atoms with Gasteiger partial charge in [-0.25, -0.2) is 4.39 Å². The van der Waals surface area contributed by atoms with E-state index in [2.05, 4.69) is 26.2 Å². The molecule has 1 amide bonds. The molecule has 0 fully saturated rings. The molecule has 0 saturated carbocycles. The van der Waals surface area contributed by atoms with Gasteiger partial charge in [0.1, 0.15) is 18.2 Å². The van der Waals surface area contributed by atoms with E-state index in [1.165, 1.54) is 12.1 Å². The summed E-state index contributed by atoms with van der Waals surface area (Å²) in [6.45, 7) is 0.115. The number of hydrogen-bond acceptors (Lipinski definition) is 2. The Balaban J connectivity index is 2.37. The largest absolute Gasteiger partial charge is 0.309 e. The van der Waals surface area contributed by atoms with E-state index in [-0.39, 0.29) is 18.3 Å². The summed E-state index contributed by atoms with van der Waals surface area (Å²) in [5.41, 5.74) is 0.572. The Hall–Kier alpha value is -1.23. The van der Waals surface area contributed by atoms with Gasteiger partial charge < -0.3 is 5.32 Å². The molecule has 0 aliphatic carbocycles. The molecule has 1 N–H and O–H groups in total. The molecule has 0 aromatic heterocycles. The molecule has 72 valence electrons. The van der Waals surface area contributed by atoms with Crippen LogP contribution in [-0.2, 0) is 4.79 Å². The zero-order valence-corrected chi connectivity index (χ0v) is 8.64. The second-order valence-corrected chi connectivity index (χ2v) is 3.79. The maximum atomic E-state index is 13.0. The quantitative estimate of drug-likeness (QED) is 0.813. The number of carbonyl (C=O) groups excluding carboxylic acids is 1. The van der Waals surface area contributed by atoms with Crippen molar-refractivity contribution < 1.29 is 9.18 Å². The molecular weight excluding hydrogens is 251 g/mol. The van der Waals surface area contributed by atoms with Crippen LogP contribution >= 0.6 is 15.9 Å². The van der Waals surface area contributed by atoms with Crippen molar-refractivity contribution in [3.8, 4) is 0 Å². The van der Waals surface area contributed by atoms with Gasteiger partial charge >= 0.3 is 0 Å². The maximum Gasteiger partial charge on any atom is 0.247 e. The van der Waals surface area contributed by atoms with E-state index in [9.17, 15) is 9.18 Å². The average Bonchev–Trinajstić information content (AvgIpc) is 2.50. The number of halogens is 2. The maximum absolute atomic E-state index is 13.0. The highest BCUT2D eigenvalue weighted by Gasteiger charge is 2.15. The van der Waals surface area contributed by atoms with Crippen molar-refractivity contribution in [3.63, 3.8) is 0 Å². The standard InChI is InChI=1S/C9H6BrFN2O/c10-6-1-5(2-7(11)3-6)9-12-4-8(14)13-9/h1-3H,4H2,(H,12,13,14). The molecule has 3 nitrogen and oxygen atoms in total. The summed E-state index contributed by atoms with van der Waals surface area (Å²) in [6, 6.07) is 4.38. The molecule has 0 atom stereocenters. The van der Waals surface area contributed by atoms with Crippen LogP contribution in [0, 0.1) is 5.82 Å². The van der Waals surface area contributed by atoms with Gasteiger partial charge in [-0.2, -0.15) is 0 Å². The van der Waals surface area contributed by atoms with Gasteiger partial charge in [-0.3, -0.25) is 9.79 Å². The second kappa shape index (κ2) is 3.49. The Kier molecular flexibility index (Phi) is 2.33. The Morgan fingerprint density at radius 1 is 1.43 bits per heavy atom. The molecule has 0 radical (unpaired) electrons. The lowest BCUT2D eigenvalue weighted by Crippen LogP contribution is -2.25. The Labute approximate surface area is 88.2 Å². The molecule has 0 bridgehead atoms. The summed E-state index contributed by atoms with van der Waals surface area (Å²) in [5, 5.41) is 2.55. The number of carbonyl (C=O) groups is 1. The lowest BCUT2D eigenvalue weighted by molar-refractivity contribution is -0.117. The second-order valence-electron chi connectivity index (χ2n) is 2.87. The van der Waals surface area contributed by atoms with Crippen molar-refractivity contribution in [2.75, 3.05) is 6.54 Å². The first-order chi connectivity index (χ1) is 6.65. The molecule has 14 heavy (non-hydrogen) atoms. The topological polar surface area (TPSA) is 41.5 Å². The minimum absolute atomic E-state index is 0.115. The summed E-state index contributed by atoms with van der Waals surface area (Å²) in [6.07, 6.45) is 0. The third kappa shape index (κ3) is 1.82. The minimum Gasteiger partial charge on any atom is -0.309 e. The van der Waals surface area contributed by atoms with Gasteiger partial charge in [-0.1, -0.05) is 15.9 Å². The predicted octanol–water partition coefficient (Wildman–Crippen LogP) is 1.46. The monoisotopic (exact) mass is 256 g/mol. The van der Waals surface area contributed by atoms with Gasteiger partial charge in [0.15, 0.2) is 0 Å². The minimum atomic E-state index is -0.363. The lowest BCUT2D eigenvalue weighted by atomic mass is 10.2. The molecule has 1 aliphatic rings. The normalized spacial score (nSPS) is 15.3. The summed E-state index contributed by atoms with van der Waals surface area (Å²) >= 11 is 3.17. The van der Waals surface area contributed by atoms with Crippen LogP contribution in [-0.4, -0.2) is 18.3 Å². The number of rotatable bonds is 1. The number of aliphatic imine (C=N–C) groups is 1. The summed E-state index contributed by atoms with van der Waals surface area (Å²) < 4.78 is 13.6. The number of nitrogens with zero attached hydrogens (tertiary/aromatic N) is 1. The highest BCUT2D eigenvalue weighted by Crippen LogP contribution is 2.15. The third-order valence-corrected chi connectivity index (χ3v) is 2.23. The predicted molar refractivity (Wildman–Crippen MR) is 53.6 cm³/mol. The molecule has 0 unspecified atom stereocenters. The van der Waals surface area contributed by atoms with E-state index >= 15 is 0 Å². The van der Waals surface area contributed by atoms with Crippen molar-refractivity contribution in [2.45, 2.75) is 0 Å². The molecule has 1 aromatic rings. The first-order valence-corrected chi connectivity index (χ1v) is 4.75. The SMILES string of the molecule is O=C1CN=C(c2cc(F)cc(Br)c2)N1. The number of amidine groups is 1. The molecule has 0 saturated heterocycles. The Morgan fingerprint density at radius 2 is 2.21 bits per heavy atom. The van der Waals surface area contributed by atoms with Crippen LogP contribution in [0.3, 0.4) is 0 Å². The van der Waals surface area contributed by atoms with Gasteiger partial charge in [0.05, 0.1) is 0 Å². The molecular formula is C9H6BrFN2O. The van der Waals surface area contributed by atoms with E-state index in [0.29, 0.717) is 15.9 Å². The van der Waals surface area contributed by atoms with Crippen molar-refractivity contribution in [3.05, 3.63) is 34.1 Å². The van der Waals surface area contributed by atoms with Gasteiger partial charge in [0.25, 0.3) is 0 Å². The number of nitrogens with one attached hydrogen (secondary N) is 1. The highest BCUT2D eigenvalue weighted by molar-refractivity contribution is 9.10. The first kappa shape index (κ1) is 9.33. The van der Waals surface area contributed by atoms with Gasteiger partial charge in [-0.05, 0) is 18.2 Å². The molecule has 1 aliphatic heterocycles. The molecule has 1 aromatic carbocycles. The van der Waals surface area contributed by atoms with E-state index in [1.807, 2.05) is 0 Å². The first-order valence-electron chi connectivity index (χ1n) is 3.96. The average molecular weight is 257 g/mol. The Bertz CT molecular complexity index is 411. The number of amides is 1. The number of hydrogen-bond donors (Lipinski definition) is 1. The highest BCUT2D eigenvalue weighted by atomic mass is 79.9. The molecule has 1 heterocycles. The molecule has 2 rings (SSSR count). The Morgan fingerprint density at radius 3 is 2.79 bits per heavy atom. The third-order valence-electron chi connectivity index (χ3n) is 1.77. The lowest BCUT2D eigenvalue weighted by Gasteiger charge is -2.02. The van der Waals surface area contributed by atoms with Gasteiger partial charge in [0.2, 0.25) is 5.91 Å².